The van der Waals surface area contributed by atoms with Crippen LogP contribution < -0.4 is 10.8 Å². The third-order valence-corrected chi connectivity index (χ3v) is 5.86. The number of hydrogen-bond donors (Lipinski definition) is 3. The molecule has 10 heteroatoms. The zero-order valence-electron chi connectivity index (χ0n) is 14.1. The Labute approximate surface area is 167 Å². The number of likely N-dealkylation sites (N-methyl/N-ethyl adjacent to an activating group) is 1. The lowest BCUT2D eigenvalue weighted by Gasteiger charge is -2.49. The molecule has 0 spiro atoms. The molecule has 1 fully saturated rings. The Bertz CT molecular complexity index is 592. The predicted octanol–water partition coefficient (Wildman–Crippen LogP) is -2.16. The standard InChI is InChI=1S/C15H23N3O5S.HI/c1-18(2,10(6-19)7-20)5-3-4-9-8-24-14-11(16)13(21)17(14)12(9)15(22)23;/h3-4,10-11,14,19-20H,5-8,16H2,1-2H3;1H/t11-,14-;/m1./s1. The van der Waals surface area contributed by atoms with Crippen LogP contribution in [0.4, 0.5) is 0 Å². The van der Waals surface area contributed by atoms with Crippen molar-refractivity contribution >= 4 is 47.6 Å². The first kappa shape index (κ1) is 22.4. The predicted molar refractivity (Wildman–Crippen MR) is 103 cm³/mol. The van der Waals surface area contributed by atoms with E-state index in [9.17, 15) is 24.9 Å². The topological polar surface area (TPSA) is 127 Å². The zero-order valence-corrected chi connectivity index (χ0v) is 17.3. The Kier molecular flexibility index (Phi) is 7.90. The second-order valence-corrected chi connectivity index (χ2v) is 7.58. The van der Waals surface area contributed by atoms with Gasteiger partial charge in [0.05, 0.1) is 45.5 Å². The maximum atomic E-state index is 11.8. The normalized spacial score (nSPS) is 23.6. The fourth-order valence-corrected chi connectivity index (χ4v) is 4.04. The number of carboxylic acids is 1. The monoisotopic (exact) mass is 485 g/mol. The summed E-state index contributed by atoms with van der Waals surface area (Å²) in [5.74, 6) is -1.37. The van der Waals surface area contributed by atoms with Gasteiger partial charge < -0.3 is 30.3 Å². The highest BCUT2D eigenvalue weighted by Crippen LogP contribution is 2.39. The quantitative estimate of drug-likeness (QED) is 0.213. The van der Waals surface area contributed by atoms with Crippen LogP contribution in [0, 0.1) is 0 Å². The van der Waals surface area contributed by atoms with E-state index >= 15 is 0 Å². The Hall–Kier alpha value is -0.660. The van der Waals surface area contributed by atoms with Gasteiger partial charge in [0.15, 0.2) is 0 Å². The van der Waals surface area contributed by atoms with Crippen LogP contribution >= 0.6 is 35.7 Å². The number of allylic oxidation sites excluding steroid dienone is 1. The maximum absolute atomic E-state index is 11.8. The number of aliphatic carboxylic acids is 1. The molecule has 2 aliphatic rings. The molecule has 0 aliphatic carbocycles. The molecule has 4 N–H and O–H groups in total. The average Bonchev–Trinajstić information content (AvgIpc) is 2.53. The minimum Gasteiger partial charge on any atom is -0.543 e. The Balaban J connectivity index is 0.00000312. The van der Waals surface area contributed by atoms with Crippen LogP contribution in [0.5, 0.6) is 0 Å². The van der Waals surface area contributed by atoms with E-state index in [1.54, 1.807) is 12.2 Å². The lowest BCUT2D eigenvalue weighted by molar-refractivity contribution is -0.910. The molecule has 2 atom stereocenters. The molecule has 0 aromatic heterocycles. The molecule has 25 heavy (non-hydrogen) atoms. The van der Waals surface area contributed by atoms with E-state index in [2.05, 4.69) is 0 Å². The van der Waals surface area contributed by atoms with Crippen LogP contribution in [0.15, 0.2) is 23.4 Å². The Morgan fingerprint density at radius 2 is 2.08 bits per heavy atom. The summed E-state index contributed by atoms with van der Waals surface area (Å²) >= 11 is 1.42. The maximum Gasteiger partial charge on any atom is 0.248 e. The minimum atomic E-state index is -1.39. The van der Waals surface area contributed by atoms with Crippen molar-refractivity contribution in [3.63, 3.8) is 0 Å². The first-order valence-corrected chi connectivity index (χ1v) is 8.65. The summed E-state index contributed by atoms with van der Waals surface area (Å²) in [6.45, 7) is 0.182. The van der Waals surface area contributed by atoms with E-state index in [1.807, 2.05) is 14.1 Å². The van der Waals surface area contributed by atoms with Gasteiger partial charge in [0.2, 0.25) is 5.91 Å². The van der Waals surface area contributed by atoms with Gasteiger partial charge in [-0.3, -0.25) is 9.69 Å². The first-order valence-electron chi connectivity index (χ1n) is 7.60. The molecule has 142 valence electrons. The number of carbonyl (C=O) groups excluding carboxylic acids is 2. The van der Waals surface area contributed by atoms with Crippen molar-refractivity contribution in [2.75, 3.05) is 39.6 Å². The number of halogens is 1. The number of aliphatic hydroxyl groups excluding tert-OH is 2. The molecule has 1 saturated heterocycles. The number of quaternary nitrogens is 1. The lowest BCUT2D eigenvalue weighted by atomic mass is 10.0. The van der Waals surface area contributed by atoms with Gasteiger partial charge in [0.1, 0.15) is 17.5 Å². The number of amides is 1. The number of aliphatic hydroxyl groups is 2. The van der Waals surface area contributed by atoms with Gasteiger partial charge in [-0.2, -0.15) is 0 Å². The molecule has 1 amide bonds. The molecule has 8 nitrogen and oxygen atoms in total. The Morgan fingerprint density at radius 3 is 2.60 bits per heavy atom. The summed E-state index contributed by atoms with van der Waals surface area (Å²) in [6.07, 6.45) is 3.44. The highest BCUT2D eigenvalue weighted by atomic mass is 127. The summed E-state index contributed by atoms with van der Waals surface area (Å²) in [4.78, 5) is 24.5. The molecule has 2 rings (SSSR count). The number of β-lactam (4-membered cyclic amide) rings is 1. The minimum absolute atomic E-state index is 0. The van der Waals surface area contributed by atoms with Crippen molar-refractivity contribution < 1.29 is 29.4 Å². The molecule has 0 bridgehead atoms. The number of rotatable bonds is 7. The Morgan fingerprint density at radius 1 is 1.48 bits per heavy atom. The van der Waals surface area contributed by atoms with Crippen LogP contribution in [0.2, 0.25) is 0 Å². The van der Waals surface area contributed by atoms with Crippen LogP contribution in [0.1, 0.15) is 0 Å². The van der Waals surface area contributed by atoms with Crippen LogP contribution in [-0.2, 0) is 9.59 Å². The fraction of sp³-hybridized carbons (Fsp3) is 0.600. The summed E-state index contributed by atoms with van der Waals surface area (Å²) < 4.78 is 0.348. The summed E-state index contributed by atoms with van der Waals surface area (Å²) in [6, 6.07) is -0.996. The van der Waals surface area contributed by atoms with Gasteiger partial charge in [-0.15, -0.1) is 35.7 Å². The second kappa shape index (κ2) is 8.82. The smallest absolute Gasteiger partial charge is 0.248 e. The number of hydrogen-bond acceptors (Lipinski definition) is 7. The van der Waals surface area contributed by atoms with Crippen LogP contribution in [0.3, 0.4) is 0 Å². The SMILES string of the molecule is C[N+](C)(CC=CC1=C(C(=O)[O-])N2C(=O)[C@@H](N)[C@H]2SC1)C(CO)CO.I. The van der Waals surface area contributed by atoms with E-state index < -0.39 is 17.9 Å². The summed E-state index contributed by atoms with van der Waals surface area (Å²) in [5.41, 5.74) is 6.07. The van der Waals surface area contributed by atoms with Crippen LogP contribution in [-0.4, -0.2) is 88.5 Å². The van der Waals surface area contributed by atoms with E-state index in [-0.39, 0.29) is 54.3 Å². The van der Waals surface area contributed by atoms with Crippen molar-refractivity contribution in [2.24, 2.45) is 5.73 Å². The highest BCUT2D eigenvalue weighted by molar-refractivity contribution is 14.0. The largest absolute Gasteiger partial charge is 0.543 e. The van der Waals surface area contributed by atoms with E-state index in [0.717, 1.165) is 0 Å². The number of carbonyl (C=O) groups is 2. The molecule has 0 aromatic carbocycles. The molecule has 0 aromatic rings. The molecule has 2 heterocycles. The first-order chi connectivity index (χ1) is 11.2. The number of thioether (sulfide) groups is 1. The number of carboxylic acid groups (broad SMARTS) is 1. The van der Waals surface area contributed by atoms with E-state index in [4.69, 9.17) is 5.73 Å². The third-order valence-electron chi connectivity index (χ3n) is 4.54. The molecule has 0 saturated carbocycles. The highest BCUT2D eigenvalue weighted by Gasteiger charge is 2.49. The second-order valence-electron chi connectivity index (χ2n) is 6.48. The van der Waals surface area contributed by atoms with Crippen molar-refractivity contribution in [1.82, 2.24) is 4.90 Å². The molecule has 2 aliphatic heterocycles. The summed E-state index contributed by atoms with van der Waals surface area (Å²) in [7, 11) is 3.72. The van der Waals surface area contributed by atoms with Gasteiger partial charge in [0.25, 0.3) is 0 Å². The molecular formula is C15H24IN3O5S. The van der Waals surface area contributed by atoms with E-state index in [1.165, 1.54) is 16.7 Å². The van der Waals surface area contributed by atoms with Crippen molar-refractivity contribution in [3.8, 4) is 0 Å². The zero-order chi connectivity index (χ0) is 18.1. The van der Waals surface area contributed by atoms with Gasteiger partial charge in [-0.05, 0) is 11.6 Å². The lowest BCUT2D eigenvalue weighted by Crippen LogP contribution is -2.69. The molecular weight excluding hydrogens is 461 g/mol. The van der Waals surface area contributed by atoms with Crippen molar-refractivity contribution in [3.05, 3.63) is 23.4 Å². The molecule has 0 unspecified atom stereocenters. The van der Waals surface area contributed by atoms with Crippen LogP contribution in [0.25, 0.3) is 0 Å². The van der Waals surface area contributed by atoms with Gasteiger partial charge >= 0.3 is 0 Å². The van der Waals surface area contributed by atoms with Crippen molar-refractivity contribution in [2.45, 2.75) is 17.5 Å². The van der Waals surface area contributed by atoms with Gasteiger partial charge in [0, 0.05) is 5.75 Å². The van der Waals surface area contributed by atoms with Gasteiger partial charge in [-0.25, -0.2) is 0 Å². The molecule has 0 radical (unpaired) electrons. The average molecular weight is 485 g/mol. The summed E-state index contributed by atoms with van der Waals surface area (Å²) in [5, 5.41) is 29.7. The van der Waals surface area contributed by atoms with E-state index in [0.29, 0.717) is 22.4 Å². The van der Waals surface area contributed by atoms with Crippen molar-refractivity contribution in [1.29, 1.82) is 0 Å². The van der Waals surface area contributed by atoms with Gasteiger partial charge in [-0.1, -0.05) is 6.08 Å². The number of nitrogens with two attached hydrogens (primary N) is 1. The number of fused-ring (bicyclic) bond motifs is 1. The fourth-order valence-electron chi connectivity index (χ4n) is 2.77. The number of nitrogens with zero attached hydrogens (tertiary/aromatic N) is 2. The third kappa shape index (κ3) is 4.37.